The molecule has 0 radical (unpaired) electrons. The van der Waals surface area contributed by atoms with Crippen LogP contribution in [0.4, 0.5) is 5.82 Å². The summed E-state index contributed by atoms with van der Waals surface area (Å²) >= 11 is 0. The Morgan fingerprint density at radius 3 is 2.85 bits per heavy atom. The first-order chi connectivity index (χ1) is 12.5. The van der Waals surface area contributed by atoms with Crippen LogP contribution in [0.5, 0.6) is 0 Å². The second kappa shape index (κ2) is 7.85. The summed E-state index contributed by atoms with van der Waals surface area (Å²) in [5.41, 5.74) is 2.75. The van der Waals surface area contributed by atoms with E-state index in [1.54, 1.807) is 11.1 Å². The van der Waals surface area contributed by atoms with Crippen molar-refractivity contribution < 1.29 is 4.79 Å². The van der Waals surface area contributed by atoms with Crippen molar-refractivity contribution in [1.82, 2.24) is 14.9 Å². The zero-order valence-electron chi connectivity index (χ0n) is 16.2. The van der Waals surface area contributed by atoms with Gasteiger partial charge in [0, 0.05) is 37.9 Å². The molecule has 0 bridgehead atoms. The van der Waals surface area contributed by atoms with Crippen LogP contribution in [0.3, 0.4) is 0 Å². The first-order valence-electron chi connectivity index (χ1n) is 9.47. The van der Waals surface area contributed by atoms with Crippen LogP contribution in [-0.4, -0.2) is 47.0 Å². The highest BCUT2D eigenvalue weighted by atomic mass is 16.2. The average molecular weight is 352 g/mol. The van der Waals surface area contributed by atoms with Gasteiger partial charge in [-0.05, 0) is 46.1 Å². The number of carbonyl (C=O) groups excluding carboxylic acids is 1. The first-order valence-corrected chi connectivity index (χ1v) is 9.47. The Balaban J connectivity index is 2.08. The molecule has 2 heterocycles. The number of carbonyl (C=O) groups is 1. The van der Waals surface area contributed by atoms with Crippen LogP contribution in [0.15, 0.2) is 30.5 Å². The van der Waals surface area contributed by atoms with Crippen molar-refractivity contribution in [1.29, 1.82) is 0 Å². The van der Waals surface area contributed by atoms with Gasteiger partial charge in [-0.25, -0.2) is 9.97 Å². The number of hydrogen-bond donors (Lipinski definition) is 0. The minimum atomic E-state index is -0.0175. The van der Waals surface area contributed by atoms with Crippen LogP contribution in [0.2, 0.25) is 0 Å². The molecule has 0 aliphatic carbocycles. The van der Waals surface area contributed by atoms with E-state index in [0.29, 0.717) is 24.0 Å². The molecule has 2 aromatic rings. The summed E-state index contributed by atoms with van der Waals surface area (Å²) in [6, 6.07) is 8.55. The third-order valence-electron chi connectivity index (χ3n) is 5.17. The zero-order chi connectivity index (χ0) is 18.7. The second-order valence-corrected chi connectivity index (χ2v) is 7.16. The van der Waals surface area contributed by atoms with E-state index in [2.05, 4.69) is 35.9 Å². The van der Waals surface area contributed by atoms with E-state index in [0.717, 1.165) is 30.8 Å². The summed E-state index contributed by atoms with van der Waals surface area (Å²) in [6.07, 6.45) is 5.19. The highest BCUT2D eigenvalue weighted by Gasteiger charge is 2.27. The third kappa shape index (κ3) is 3.71. The quantitative estimate of drug-likeness (QED) is 0.837. The second-order valence-electron chi connectivity index (χ2n) is 7.16. The molecule has 0 N–H and O–H groups in total. The first kappa shape index (κ1) is 18.4. The SMILES string of the molecule is CCN(C)C(=O)c1cnc(-c2cccc(C)c2)nc1N1CCCCC1C. The smallest absolute Gasteiger partial charge is 0.258 e. The number of piperidine rings is 1. The van der Waals surface area contributed by atoms with Gasteiger partial charge in [0.25, 0.3) is 5.91 Å². The highest BCUT2D eigenvalue weighted by Crippen LogP contribution is 2.29. The number of rotatable bonds is 4. The Morgan fingerprint density at radius 1 is 1.35 bits per heavy atom. The summed E-state index contributed by atoms with van der Waals surface area (Å²) in [4.78, 5) is 26.2. The van der Waals surface area contributed by atoms with Gasteiger partial charge >= 0.3 is 0 Å². The monoisotopic (exact) mass is 352 g/mol. The Bertz CT molecular complexity index is 789. The third-order valence-corrected chi connectivity index (χ3v) is 5.17. The number of nitrogens with zero attached hydrogens (tertiary/aromatic N) is 4. The molecule has 5 heteroatoms. The summed E-state index contributed by atoms with van der Waals surface area (Å²) < 4.78 is 0. The van der Waals surface area contributed by atoms with Gasteiger partial charge in [-0.15, -0.1) is 0 Å². The predicted molar refractivity (Wildman–Crippen MR) is 105 cm³/mol. The molecule has 1 aliphatic heterocycles. The van der Waals surface area contributed by atoms with Crippen LogP contribution in [0.1, 0.15) is 49.0 Å². The number of amides is 1. The maximum absolute atomic E-state index is 12.9. The molecule has 0 spiro atoms. The molecule has 26 heavy (non-hydrogen) atoms. The molecule has 1 fully saturated rings. The topological polar surface area (TPSA) is 49.3 Å². The van der Waals surface area contributed by atoms with Crippen molar-refractivity contribution in [2.45, 2.75) is 46.1 Å². The molecular formula is C21H28N4O. The number of aromatic nitrogens is 2. The lowest BCUT2D eigenvalue weighted by Gasteiger charge is -2.35. The number of hydrogen-bond acceptors (Lipinski definition) is 4. The molecular weight excluding hydrogens is 324 g/mol. The molecule has 3 rings (SSSR count). The summed E-state index contributed by atoms with van der Waals surface area (Å²) in [7, 11) is 1.82. The Morgan fingerprint density at radius 2 is 2.15 bits per heavy atom. The van der Waals surface area contributed by atoms with Crippen LogP contribution < -0.4 is 4.90 Å². The van der Waals surface area contributed by atoms with E-state index in [1.807, 2.05) is 26.1 Å². The lowest BCUT2D eigenvalue weighted by atomic mass is 10.0. The van der Waals surface area contributed by atoms with Crippen molar-refractivity contribution in [3.63, 3.8) is 0 Å². The Kier molecular flexibility index (Phi) is 5.55. The van der Waals surface area contributed by atoms with Crippen molar-refractivity contribution in [2.24, 2.45) is 0 Å². The predicted octanol–water partition coefficient (Wildman–Crippen LogP) is 3.92. The van der Waals surface area contributed by atoms with Crippen molar-refractivity contribution in [2.75, 3.05) is 25.0 Å². The van der Waals surface area contributed by atoms with E-state index in [4.69, 9.17) is 4.98 Å². The van der Waals surface area contributed by atoms with Gasteiger partial charge in [-0.2, -0.15) is 0 Å². The maximum Gasteiger partial charge on any atom is 0.258 e. The normalized spacial score (nSPS) is 17.2. The van der Waals surface area contributed by atoms with E-state index < -0.39 is 0 Å². The van der Waals surface area contributed by atoms with Gasteiger partial charge in [0.2, 0.25) is 0 Å². The molecule has 0 saturated carbocycles. The average Bonchev–Trinajstić information content (AvgIpc) is 2.66. The van der Waals surface area contributed by atoms with E-state index >= 15 is 0 Å². The molecule has 1 saturated heterocycles. The van der Waals surface area contributed by atoms with Crippen LogP contribution in [0, 0.1) is 6.92 Å². The van der Waals surface area contributed by atoms with Crippen LogP contribution in [0.25, 0.3) is 11.4 Å². The van der Waals surface area contributed by atoms with Gasteiger partial charge in [-0.1, -0.05) is 23.8 Å². The molecule has 1 aromatic heterocycles. The fraction of sp³-hybridized carbons (Fsp3) is 0.476. The van der Waals surface area contributed by atoms with Crippen LogP contribution >= 0.6 is 0 Å². The fourth-order valence-corrected chi connectivity index (χ4v) is 3.43. The standard InChI is InChI=1S/C21H28N4O/c1-5-24(4)21(26)18-14-22-19(17-11-8-9-15(2)13-17)23-20(18)25-12-7-6-10-16(25)3/h8-9,11,13-14,16H,5-7,10,12H2,1-4H3. The molecule has 5 nitrogen and oxygen atoms in total. The fourth-order valence-electron chi connectivity index (χ4n) is 3.43. The minimum absolute atomic E-state index is 0.0175. The Hall–Kier alpha value is -2.43. The molecule has 1 aromatic carbocycles. The summed E-state index contributed by atoms with van der Waals surface area (Å²) in [5, 5.41) is 0. The lowest BCUT2D eigenvalue weighted by Crippen LogP contribution is -2.40. The van der Waals surface area contributed by atoms with Gasteiger partial charge < -0.3 is 9.80 Å². The van der Waals surface area contributed by atoms with Gasteiger partial charge in [0.05, 0.1) is 0 Å². The number of benzene rings is 1. The molecule has 138 valence electrons. The molecule has 1 atom stereocenters. The largest absolute Gasteiger partial charge is 0.353 e. The lowest BCUT2D eigenvalue weighted by molar-refractivity contribution is 0.0802. The molecule has 1 aliphatic rings. The highest BCUT2D eigenvalue weighted by molar-refractivity contribution is 5.98. The maximum atomic E-state index is 12.9. The van der Waals surface area contributed by atoms with E-state index in [9.17, 15) is 4.79 Å². The summed E-state index contributed by atoms with van der Waals surface area (Å²) in [5.74, 6) is 1.43. The van der Waals surface area contributed by atoms with E-state index in [-0.39, 0.29) is 5.91 Å². The van der Waals surface area contributed by atoms with Crippen molar-refractivity contribution >= 4 is 11.7 Å². The van der Waals surface area contributed by atoms with Crippen molar-refractivity contribution in [3.05, 3.63) is 41.6 Å². The Labute approximate surface area is 156 Å². The molecule has 1 amide bonds. The summed E-state index contributed by atoms with van der Waals surface area (Å²) in [6.45, 7) is 7.84. The molecule has 1 unspecified atom stereocenters. The van der Waals surface area contributed by atoms with Gasteiger partial charge in [0.1, 0.15) is 11.4 Å². The van der Waals surface area contributed by atoms with E-state index in [1.165, 1.54) is 12.0 Å². The van der Waals surface area contributed by atoms with Gasteiger partial charge in [-0.3, -0.25) is 4.79 Å². The number of anilines is 1. The minimum Gasteiger partial charge on any atom is -0.353 e. The van der Waals surface area contributed by atoms with Crippen LogP contribution in [-0.2, 0) is 0 Å². The van der Waals surface area contributed by atoms with Crippen molar-refractivity contribution in [3.8, 4) is 11.4 Å². The zero-order valence-corrected chi connectivity index (χ0v) is 16.2. The number of aryl methyl sites for hydroxylation is 1. The van der Waals surface area contributed by atoms with Gasteiger partial charge in [0.15, 0.2) is 5.82 Å².